The summed E-state index contributed by atoms with van der Waals surface area (Å²) in [7, 11) is 1.84. The Morgan fingerprint density at radius 1 is 1.18 bits per heavy atom. The molecule has 2 aromatic rings. The van der Waals surface area contributed by atoms with Crippen molar-refractivity contribution in [2.24, 2.45) is 5.41 Å². The molecule has 1 aliphatic rings. The lowest BCUT2D eigenvalue weighted by molar-refractivity contribution is -0.133. The summed E-state index contributed by atoms with van der Waals surface area (Å²) in [5, 5.41) is 19.6. The van der Waals surface area contributed by atoms with Crippen molar-refractivity contribution in [1.82, 2.24) is 25.3 Å². The maximum Gasteiger partial charge on any atom is 0.273 e. The molecule has 0 saturated heterocycles. The molecule has 9 heteroatoms. The summed E-state index contributed by atoms with van der Waals surface area (Å²) < 4.78 is 1.57. The lowest BCUT2D eigenvalue weighted by Crippen LogP contribution is -2.54. The second kappa shape index (κ2) is 11.0. The Hall–Kier alpha value is -2.94. The molecule has 0 spiro atoms. The third-order valence-corrected chi connectivity index (χ3v) is 6.49. The monoisotopic (exact) mass is 471 g/mol. The zero-order valence-corrected chi connectivity index (χ0v) is 20.6. The van der Waals surface area contributed by atoms with E-state index in [-0.39, 0.29) is 43.2 Å². The molecule has 0 aliphatic heterocycles. The van der Waals surface area contributed by atoms with E-state index in [9.17, 15) is 14.4 Å². The number of benzene rings is 1. The van der Waals surface area contributed by atoms with E-state index in [1.807, 2.05) is 50.9 Å². The highest BCUT2D eigenvalue weighted by molar-refractivity contribution is 6.06. The van der Waals surface area contributed by atoms with Gasteiger partial charge in [0.15, 0.2) is 5.69 Å². The van der Waals surface area contributed by atoms with Gasteiger partial charge in [0.1, 0.15) is 12.6 Å². The first-order valence-corrected chi connectivity index (χ1v) is 12.0. The maximum absolute atomic E-state index is 13.3. The van der Waals surface area contributed by atoms with Gasteiger partial charge >= 0.3 is 0 Å². The lowest BCUT2D eigenvalue weighted by Gasteiger charge is -2.31. The molecule has 34 heavy (non-hydrogen) atoms. The Morgan fingerprint density at radius 2 is 1.85 bits per heavy atom. The molecule has 1 aromatic carbocycles. The van der Waals surface area contributed by atoms with Crippen molar-refractivity contribution in [3.8, 4) is 0 Å². The molecule has 186 valence electrons. The molecule has 1 fully saturated rings. The highest BCUT2D eigenvalue weighted by Gasteiger charge is 2.34. The van der Waals surface area contributed by atoms with Crippen molar-refractivity contribution in [1.29, 1.82) is 0 Å². The van der Waals surface area contributed by atoms with Crippen LogP contribution >= 0.6 is 0 Å². The number of para-hydroxylation sites is 1. The Labute approximate surface area is 200 Å². The number of nitrogens with one attached hydrogen (secondary N) is 2. The van der Waals surface area contributed by atoms with Crippen LogP contribution in [0.25, 0.3) is 10.9 Å². The number of hydrogen-bond donors (Lipinski definition) is 3. The molecule has 3 N–H and O–H groups in total. The van der Waals surface area contributed by atoms with Gasteiger partial charge in [0.05, 0.1) is 12.1 Å². The Kier molecular flexibility index (Phi) is 8.30. The van der Waals surface area contributed by atoms with Crippen LogP contribution in [0.2, 0.25) is 0 Å². The normalized spacial score (nSPS) is 15.7. The molecule has 0 radical (unpaired) electrons. The van der Waals surface area contributed by atoms with Gasteiger partial charge in [-0.3, -0.25) is 19.1 Å². The van der Waals surface area contributed by atoms with Gasteiger partial charge < -0.3 is 20.6 Å². The quantitative estimate of drug-likeness (QED) is 0.545. The first kappa shape index (κ1) is 25.7. The molecule has 1 saturated carbocycles. The Bertz CT molecular complexity index is 1020. The molecular formula is C25H37N5O4. The lowest BCUT2D eigenvalue weighted by atomic mass is 9.86. The van der Waals surface area contributed by atoms with Gasteiger partial charge in [-0.25, -0.2) is 0 Å². The molecular weight excluding hydrogens is 434 g/mol. The largest absolute Gasteiger partial charge is 0.395 e. The predicted molar refractivity (Wildman–Crippen MR) is 130 cm³/mol. The molecule has 9 nitrogen and oxygen atoms in total. The van der Waals surface area contributed by atoms with Crippen LogP contribution in [-0.2, 0) is 16.1 Å². The third-order valence-electron chi connectivity index (χ3n) is 6.49. The number of likely N-dealkylation sites (N-methyl/N-ethyl adjacent to an activating group) is 1. The number of aliphatic hydroxyl groups excluding tert-OH is 1. The number of carbonyl (C=O) groups is 3. The van der Waals surface area contributed by atoms with Gasteiger partial charge in [-0.05, 0) is 24.3 Å². The first-order chi connectivity index (χ1) is 16.1. The van der Waals surface area contributed by atoms with E-state index in [1.54, 1.807) is 10.7 Å². The van der Waals surface area contributed by atoms with E-state index in [4.69, 9.17) is 5.11 Å². The van der Waals surface area contributed by atoms with Gasteiger partial charge in [0.25, 0.3) is 5.91 Å². The second-order valence-corrected chi connectivity index (χ2v) is 10.1. The number of aliphatic hydroxyl groups is 1. The first-order valence-electron chi connectivity index (χ1n) is 12.0. The number of amides is 3. The molecule has 0 bridgehead atoms. The standard InChI is InChI=1S/C25H37N5O4/c1-25(2,3)22(24(34)26-14-15-31)27-23(33)21-18-12-8-9-13-19(18)30(28-21)16-20(32)29(4)17-10-6-5-7-11-17/h8-9,12-13,17,22,31H,5-7,10-11,14-16H2,1-4H3,(H,26,34)(H,27,33)/t22-/m1/s1. The average Bonchev–Trinajstić information content (AvgIpc) is 3.18. The highest BCUT2D eigenvalue weighted by Crippen LogP contribution is 2.24. The van der Waals surface area contributed by atoms with Crippen LogP contribution in [0.4, 0.5) is 0 Å². The van der Waals surface area contributed by atoms with E-state index < -0.39 is 17.4 Å². The fourth-order valence-electron chi connectivity index (χ4n) is 4.48. The minimum atomic E-state index is -0.825. The summed E-state index contributed by atoms with van der Waals surface area (Å²) in [5.41, 5.74) is 0.301. The molecule has 1 aromatic heterocycles. The van der Waals surface area contributed by atoms with Crippen LogP contribution < -0.4 is 10.6 Å². The average molecular weight is 472 g/mol. The van der Waals surface area contributed by atoms with E-state index in [2.05, 4.69) is 15.7 Å². The summed E-state index contributed by atoms with van der Waals surface area (Å²) in [5.74, 6) is -0.895. The van der Waals surface area contributed by atoms with Gasteiger partial charge in [-0.2, -0.15) is 5.10 Å². The number of fused-ring (bicyclic) bond motifs is 1. The summed E-state index contributed by atoms with van der Waals surface area (Å²) in [6.45, 7) is 5.53. The van der Waals surface area contributed by atoms with Crippen molar-refractivity contribution in [2.45, 2.75) is 71.5 Å². The minimum absolute atomic E-state index is 0.0388. The van der Waals surface area contributed by atoms with E-state index >= 15 is 0 Å². The summed E-state index contributed by atoms with van der Waals surface area (Å²) in [6.07, 6.45) is 5.52. The van der Waals surface area contributed by atoms with Gasteiger partial charge in [-0.1, -0.05) is 58.2 Å². The number of rotatable bonds is 8. The van der Waals surface area contributed by atoms with Crippen LogP contribution in [0.5, 0.6) is 0 Å². The summed E-state index contributed by atoms with van der Waals surface area (Å²) in [4.78, 5) is 40.7. The predicted octanol–water partition coefficient (Wildman–Crippen LogP) is 2.08. The number of carbonyl (C=O) groups excluding carboxylic acids is 3. The number of aromatic nitrogens is 2. The molecule has 1 heterocycles. The van der Waals surface area contributed by atoms with Crippen molar-refractivity contribution >= 4 is 28.6 Å². The van der Waals surface area contributed by atoms with Crippen molar-refractivity contribution in [2.75, 3.05) is 20.2 Å². The fraction of sp³-hybridized carbons (Fsp3) is 0.600. The summed E-state index contributed by atoms with van der Waals surface area (Å²) in [6, 6.07) is 6.71. The van der Waals surface area contributed by atoms with Gasteiger partial charge in [0, 0.05) is 25.0 Å². The number of nitrogens with zero attached hydrogens (tertiary/aromatic N) is 3. The third kappa shape index (κ3) is 5.94. The number of hydrogen-bond acceptors (Lipinski definition) is 5. The smallest absolute Gasteiger partial charge is 0.273 e. The summed E-state index contributed by atoms with van der Waals surface area (Å²) >= 11 is 0. The molecule has 3 amide bonds. The van der Waals surface area contributed by atoms with E-state index in [0.717, 1.165) is 25.7 Å². The van der Waals surface area contributed by atoms with Crippen molar-refractivity contribution in [3.63, 3.8) is 0 Å². The van der Waals surface area contributed by atoms with Crippen molar-refractivity contribution in [3.05, 3.63) is 30.0 Å². The van der Waals surface area contributed by atoms with Gasteiger partial charge in [-0.15, -0.1) is 0 Å². The van der Waals surface area contributed by atoms with Crippen LogP contribution in [0, 0.1) is 5.41 Å². The van der Waals surface area contributed by atoms with E-state index in [0.29, 0.717) is 10.9 Å². The van der Waals surface area contributed by atoms with Crippen molar-refractivity contribution < 1.29 is 19.5 Å². The molecule has 3 rings (SSSR count). The zero-order chi connectivity index (χ0) is 24.9. The Balaban J connectivity index is 1.83. The van der Waals surface area contributed by atoms with Crippen LogP contribution in [-0.4, -0.2) is 69.8 Å². The maximum atomic E-state index is 13.3. The van der Waals surface area contributed by atoms with Crippen LogP contribution in [0.1, 0.15) is 63.4 Å². The minimum Gasteiger partial charge on any atom is -0.395 e. The molecule has 1 atom stereocenters. The van der Waals surface area contributed by atoms with Crippen LogP contribution in [0.3, 0.4) is 0 Å². The molecule has 1 aliphatic carbocycles. The topological polar surface area (TPSA) is 117 Å². The van der Waals surface area contributed by atoms with Gasteiger partial charge in [0.2, 0.25) is 11.8 Å². The Morgan fingerprint density at radius 3 is 2.50 bits per heavy atom. The van der Waals surface area contributed by atoms with Crippen LogP contribution in [0.15, 0.2) is 24.3 Å². The fourth-order valence-corrected chi connectivity index (χ4v) is 4.48. The van der Waals surface area contributed by atoms with E-state index in [1.165, 1.54) is 6.42 Å². The second-order valence-electron chi connectivity index (χ2n) is 10.1. The highest BCUT2D eigenvalue weighted by atomic mass is 16.3. The SMILES string of the molecule is CN(C(=O)Cn1nc(C(=O)N[C@H](C(=O)NCCO)C(C)(C)C)c2ccccc21)C1CCCCC1. The zero-order valence-electron chi connectivity index (χ0n) is 20.6. The molecule has 0 unspecified atom stereocenters.